The third kappa shape index (κ3) is 4.00. The Morgan fingerprint density at radius 3 is 2.73 bits per heavy atom. The second-order valence-corrected chi connectivity index (χ2v) is 7.28. The van der Waals surface area contributed by atoms with E-state index in [1.54, 1.807) is 37.5 Å². The van der Waals surface area contributed by atoms with Gasteiger partial charge in [0.05, 0.1) is 5.52 Å². The summed E-state index contributed by atoms with van der Waals surface area (Å²) in [6.07, 6.45) is 3.89. The number of nitrogens with one attached hydrogen (secondary N) is 1. The molecule has 2 heterocycles. The lowest BCUT2D eigenvalue weighted by atomic mass is 10.1. The van der Waals surface area contributed by atoms with E-state index in [-0.39, 0.29) is 17.9 Å². The molecule has 1 N–H and O–H groups in total. The monoisotopic (exact) mass is 401 g/mol. The van der Waals surface area contributed by atoms with Gasteiger partial charge < -0.3 is 15.1 Å². The van der Waals surface area contributed by atoms with E-state index in [1.165, 1.54) is 11.0 Å². The van der Waals surface area contributed by atoms with E-state index in [2.05, 4.69) is 21.9 Å². The number of aromatic nitrogens is 2. The van der Waals surface area contributed by atoms with E-state index in [9.17, 15) is 9.59 Å². The SMILES string of the molecule is C=CC(=O)N(C)c1ccc(C(=O)N2CCC(Nc3ncc4ccccc4n3)C2)cc1. The smallest absolute Gasteiger partial charge is 0.253 e. The number of hydrogen-bond donors (Lipinski definition) is 1. The largest absolute Gasteiger partial charge is 0.350 e. The first kappa shape index (κ1) is 19.6. The van der Waals surface area contributed by atoms with Crippen LogP contribution in [0.15, 0.2) is 67.4 Å². The molecule has 3 aromatic rings. The molecule has 2 aromatic carbocycles. The Balaban J connectivity index is 1.39. The van der Waals surface area contributed by atoms with Crippen molar-refractivity contribution >= 4 is 34.4 Å². The number of hydrogen-bond acceptors (Lipinski definition) is 5. The van der Waals surface area contributed by atoms with Crippen molar-refractivity contribution in [2.24, 2.45) is 0 Å². The Bertz CT molecular complexity index is 1100. The molecule has 152 valence electrons. The molecule has 0 spiro atoms. The molecule has 1 fully saturated rings. The number of carbonyl (C=O) groups is 2. The van der Waals surface area contributed by atoms with Crippen LogP contribution < -0.4 is 10.2 Å². The van der Waals surface area contributed by atoms with Crippen molar-refractivity contribution in [2.45, 2.75) is 12.5 Å². The van der Waals surface area contributed by atoms with Crippen LogP contribution in [0.2, 0.25) is 0 Å². The summed E-state index contributed by atoms with van der Waals surface area (Å²) in [4.78, 5) is 36.8. The van der Waals surface area contributed by atoms with Crippen LogP contribution in [-0.2, 0) is 4.79 Å². The molecule has 2 amide bonds. The van der Waals surface area contributed by atoms with Crippen LogP contribution >= 0.6 is 0 Å². The highest BCUT2D eigenvalue weighted by Crippen LogP contribution is 2.20. The lowest BCUT2D eigenvalue weighted by Crippen LogP contribution is -2.32. The third-order valence-electron chi connectivity index (χ3n) is 5.30. The molecule has 0 saturated carbocycles. The summed E-state index contributed by atoms with van der Waals surface area (Å²) in [5.41, 5.74) is 2.20. The average Bonchev–Trinajstić information content (AvgIpc) is 3.26. The minimum absolute atomic E-state index is 0.0250. The van der Waals surface area contributed by atoms with E-state index < -0.39 is 0 Å². The van der Waals surface area contributed by atoms with Crippen molar-refractivity contribution in [3.05, 3.63) is 72.9 Å². The second kappa shape index (κ2) is 8.32. The van der Waals surface area contributed by atoms with Gasteiger partial charge in [0.1, 0.15) is 0 Å². The number of likely N-dealkylation sites (N-methyl/N-ethyl adjacent to an activating group) is 1. The van der Waals surface area contributed by atoms with Crippen molar-refractivity contribution < 1.29 is 9.59 Å². The van der Waals surface area contributed by atoms with Crippen LogP contribution in [0.25, 0.3) is 10.9 Å². The third-order valence-corrected chi connectivity index (χ3v) is 5.30. The van der Waals surface area contributed by atoms with Gasteiger partial charge in [0.2, 0.25) is 11.9 Å². The quantitative estimate of drug-likeness (QED) is 0.665. The van der Waals surface area contributed by atoms with Crippen molar-refractivity contribution in [3.63, 3.8) is 0 Å². The van der Waals surface area contributed by atoms with Gasteiger partial charge >= 0.3 is 0 Å². The van der Waals surface area contributed by atoms with E-state index in [0.29, 0.717) is 30.3 Å². The molecule has 4 rings (SSSR count). The van der Waals surface area contributed by atoms with Gasteiger partial charge in [-0.1, -0.05) is 24.8 Å². The topological polar surface area (TPSA) is 78.4 Å². The second-order valence-electron chi connectivity index (χ2n) is 7.28. The maximum Gasteiger partial charge on any atom is 0.253 e. The molecule has 7 heteroatoms. The summed E-state index contributed by atoms with van der Waals surface area (Å²) in [7, 11) is 1.67. The molecule has 7 nitrogen and oxygen atoms in total. The van der Waals surface area contributed by atoms with Gasteiger partial charge in [0.15, 0.2) is 0 Å². The van der Waals surface area contributed by atoms with Crippen LogP contribution in [0.4, 0.5) is 11.6 Å². The van der Waals surface area contributed by atoms with Gasteiger partial charge in [-0.3, -0.25) is 9.59 Å². The lowest BCUT2D eigenvalue weighted by Gasteiger charge is -2.19. The zero-order chi connectivity index (χ0) is 21.1. The highest BCUT2D eigenvalue weighted by atomic mass is 16.2. The van der Waals surface area contributed by atoms with Gasteiger partial charge in [0, 0.05) is 49.0 Å². The van der Waals surface area contributed by atoms with Crippen LogP contribution in [0.1, 0.15) is 16.8 Å². The fourth-order valence-corrected chi connectivity index (χ4v) is 3.56. The van der Waals surface area contributed by atoms with Crippen molar-refractivity contribution in [1.82, 2.24) is 14.9 Å². The molecule has 1 aromatic heterocycles. The number of likely N-dealkylation sites (tertiary alicyclic amines) is 1. The maximum absolute atomic E-state index is 12.9. The van der Waals surface area contributed by atoms with Crippen molar-refractivity contribution in [1.29, 1.82) is 0 Å². The molecule has 0 aliphatic carbocycles. The normalized spacial score (nSPS) is 15.8. The summed E-state index contributed by atoms with van der Waals surface area (Å²) in [5.74, 6) is 0.355. The number of fused-ring (bicyclic) bond motifs is 1. The first-order valence-electron chi connectivity index (χ1n) is 9.83. The van der Waals surface area contributed by atoms with Gasteiger partial charge in [-0.2, -0.15) is 0 Å². The first-order valence-corrected chi connectivity index (χ1v) is 9.83. The number of para-hydroxylation sites is 1. The van der Waals surface area contributed by atoms with Crippen LogP contribution in [0, 0.1) is 0 Å². The molecule has 1 unspecified atom stereocenters. The number of anilines is 2. The predicted octanol–water partition coefficient (Wildman–Crippen LogP) is 3.11. The number of nitrogens with zero attached hydrogens (tertiary/aromatic N) is 4. The van der Waals surface area contributed by atoms with Crippen molar-refractivity contribution in [2.75, 3.05) is 30.4 Å². The summed E-state index contributed by atoms with van der Waals surface area (Å²) >= 11 is 0. The van der Waals surface area contributed by atoms with Gasteiger partial charge in [-0.25, -0.2) is 9.97 Å². The Labute approximate surface area is 175 Å². The molecule has 1 saturated heterocycles. The summed E-state index contributed by atoms with van der Waals surface area (Å²) in [6.45, 7) is 4.75. The van der Waals surface area contributed by atoms with E-state index in [1.807, 2.05) is 29.2 Å². The fourth-order valence-electron chi connectivity index (χ4n) is 3.56. The zero-order valence-electron chi connectivity index (χ0n) is 16.8. The number of benzene rings is 2. The van der Waals surface area contributed by atoms with Crippen LogP contribution in [0.3, 0.4) is 0 Å². The molecule has 30 heavy (non-hydrogen) atoms. The molecule has 1 atom stereocenters. The van der Waals surface area contributed by atoms with Gasteiger partial charge in [-0.05, 0) is 42.8 Å². The Morgan fingerprint density at radius 2 is 1.97 bits per heavy atom. The fraction of sp³-hybridized carbons (Fsp3) is 0.217. The summed E-state index contributed by atoms with van der Waals surface area (Å²) < 4.78 is 0. The Hall–Kier alpha value is -3.74. The Kier molecular flexibility index (Phi) is 5.43. The average molecular weight is 401 g/mol. The lowest BCUT2D eigenvalue weighted by molar-refractivity contribution is -0.113. The van der Waals surface area contributed by atoms with Gasteiger partial charge in [-0.15, -0.1) is 0 Å². The van der Waals surface area contributed by atoms with E-state index in [0.717, 1.165) is 17.3 Å². The molecular formula is C23H23N5O2. The molecular weight excluding hydrogens is 378 g/mol. The molecule has 1 aliphatic rings. The zero-order valence-corrected chi connectivity index (χ0v) is 16.8. The predicted molar refractivity (Wildman–Crippen MR) is 118 cm³/mol. The number of carbonyl (C=O) groups excluding carboxylic acids is 2. The van der Waals surface area contributed by atoms with E-state index in [4.69, 9.17) is 0 Å². The van der Waals surface area contributed by atoms with E-state index >= 15 is 0 Å². The number of amides is 2. The molecule has 1 aliphatic heterocycles. The summed E-state index contributed by atoms with van der Waals surface area (Å²) in [5, 5.41) is 4.34. The highest BCUT2D eigenvalue weighted by Gasteiger charge is 2.27. The minimum Gasteiger partial charge on any atom is -0.350 e. The maximum atomic E-state index is 12.9. The Morgan fingerprint density at radius 1 is 1.20 bits per heavy atom. The molecule has 0 radical (unpaired) electrons. The standard InChI is InChI=1S/C23H23N5O2/c1-3-21(29)27(2)19-10-8-16(9-11-19)22(30)28-13-12-18(15-28)25-23-24-14-17-6-4-5-7-20(17)26-23/h3-11,14,18H,1,12-13,15H2,2H3,(H,24,25,26). The highest BCUT2D eigenvalue weighted by molar-refractivity contribution is 6.01. The van der Waals surface area contributed by atoms with Crippen LogP contribution in [-0.4, -0.2) is 52.9 Å². The minimum atomic E-state index is -0.196. The van der Waals surface area contributed by atoms with Crippen LogP contribution in [0.5, 0.6) is 0 Å². The molecule has 0 bridgehead atoms. The van der Waals surface area contributed by atoms with Gasteiger partial charge in [0.25, 0.3) is 5.91 Å². The number of rotatable bonds is 5. The summed E-state index contributed by atoms with van der Waals surface area (Å²) in [6, 6.07) is 15.0. The van der Waals surface area contributed by atoms with Crippen molar-refractivity contribution in [3.8, 4) is 0 Å². The first-order chi connectivity index (χ1) is 14.5.